The average molecular weight is 371 g/mol. The van der Waals surface area contributed by atoms with Crippen LogP contribution in [0.4, 0.5) is 11.4 Å². The second-order valence-corrected chi connectivity index (χ2v) is 5.98. The molecule has 2 aromatic rings. The lowest BCUT2D eigenvalue weighted by Gasteiger charge is -2.15. The molecule has 2 rings (SSSR count). The summed E-state index contributed by atoms with van der Waals surface area (Å²) in [6.07, 6.45) is 0.905. The van der Waals surface area contributed by atoms with Crippen molar-refractivity contribution < 1.29 is 19.6 Å². The summed E-state index contributed by atoms with van der Waals surface area (Å²) in [6, 6.07) is 14.1. The van der Waals surface area contributed by atoms with Crippen LogP contribution in [-0.2, 0) is 16.0 Å². The van der Waals surface area contributed by atoms with E-state index in [1.54, 1.807) is 12.1 Å². The number of hydrogen-bond donors (Lipinski definition) is 3. The number of carboxylic acid groups (broad SMARTS) is 1. The predicted octanol–water partition coefficient (Wildman–Crippen LogP) is 2.60. The summed E-state index contributed by atoms with van der Waals surface area (Å²) >= 11 is 0. The number of anilines is 1. The van der Waals surface area contributed by atoms with Crippen molar-refractivity contribution in [2.24, 2.45) is 0 Å². The minimum Gasteiger partial charge on any atom is -0.480 e. The molecule has 3 N–H and O–H groups in total. The van der Waals surface area contributed by atoms with Crippen LogP contribution in [0.3, 0.4) is 0 Å². The third-order valence-corrected chi connectivity index (χ3v) is 3.90. The highest BCUT2D eigenvalue weighted by Gasteiger charge is 2.20. The number of nitro groups is 1. The third kappa shape index (κ3) is 6.77. The van der Waals surface area contributed by atoms with E-state index in [9.17, 15) is 24.8 Å². The van der Waals surface area contributed by atoms with E-state index in [-0.39, 0.29) is 24.4 Å². The SMILES string of the molecule is O=C(CCCNc1ccc([N+](=O)[O-])cc1)N[C@H](Cc1ccccc1)C(=O)O. The van der Waals surface area contributed by atoms with E-state index in [2.05, 4.69) is 10.6 Å². The van der Waals surface area contributed by atoms with Gasteiger partial charge in [-0.15, -0.1) is 0 Å². The van der Waals surface area contributed by atoms with Crippen molar-refractivity contribution >= 4 is 23.3 Å². The molecule has 8 heteroatoms. The van der Waals surface area contributed by atoms with E-state index in [1.807, 2.05) is 30.3 Å². The molecule has 142 valence electrons. The fourth-order valence-corrected chi connectivity index (χ4v) is 2.50. The van der Waals surface area contributed by atoms with Gasteiger partial charge in [0.1, 0.15) is 6.04 Å². The molecule has 0 aliphatic carbocycles. The molecule has 0 spiro atoms. The zero-order chi connectivity index (χ0) is 19.6. The van der Waals surface area contributed by atoms with Gasteiger partial charge in [-0.3, -0.25) is 14.9 Å². The molecule has 0 unspecified atom stereocenters. The van der Waals surface area contributed by atoms with Crippen LogP contribution in [0.15, 0.2) is 54.6 Å². The maximum absolute atomic E-state index is 12.0. The summed E-state index contributed by atoms with van der Waals surface area (Å²) < 4.78 is 0. The lowest BCUT2D eigenvalue weighted by Crippen LogP contribution is -2.42. The van der Waals surface area contributed by atoms with Gasteiger partial charge < -0.3 is 15.7 Å². The van der Waals surface area contributed by atoms with E-state index < -0.39 is 16.9 Å². The monoisotopic (exact) mass is 371 g/mol. The minimum atomic E-state index is -1.07. The molecule has 0 aromatic heterocycles. The quantitative estimate of drug-likeness (QED) is 0.335. The summed E-state index contributed by atoms with van der Waals surface area (Å²) in [4.78, 5) is 33.5. The Bertz CT molecular complexity index is 778. The maximum Gasteiger partial charge on any atom is 0.326 e. The number of carboxylic acids is 1. The molecule has 27 heavy (non-hydrogen) atoms. The molecule has 0 radical (unpaired) electrons. The molecule has 1 amide bonds. The van der Waals surface area contributed by atoms with Crippen LogP contribution in [-0.4, -0.2) is 34.5 Å². The largest absolute Gasteiger partial charge is 0.480 e. The fourth-order valence-electron chi connectivity index (χ4n) is 2.50. The molecular weight excluding hydrogens is 350 g/mol. The maximum atomic E-state index is 12.0. The minimum absolute atomic E-state index is 0.0121. The van der Waals surface area contributed by atoms with E-state index >= 15 is 0 Å². The molecule has 2 aromatic carbocycles. The Morgan fingerprint density at radius 1 is 1.07 bits per heavy atom. The number of aliphatic carboxylic acids is 1. The molecule has 0 saturated carbocycles. The average Bonchev–Trinajstić information content (AvgIpc) is 2.66. The number of hydrogen-bond acceptors (Lipinski definition) is 5. The van der Waals surface area contributed by atoms with Crippen molar-refractivity contribution in [1.29, 1.82) is 0 Å². The number of amides is 1. The van der Waals surface area contributed by atoms with Crippen molar-refractivity contribution in [2.45, 2.75) is 25.3 Å². The van der Waals surface area contributed by atoms with E-state index in [0.29, 0.717) is 18.7 Å². The van der Waals surface area contributed by atoms with Crippen molar-refractivity contribution in [1.82, 2.24) is 5.32 Å². The summed E-state index contributed by atoms with van der Waals surface area (Å²) in [7, 11) is 0. The van der Waals surface area contributed by atoms with Gasteiger partial charge in [-0.25, -0.2) is 4.79 Å². The van der Waals surface area contributed by atoms with E-state index in [1.165, 1.54) is 12.1 Å². The van der Waals surface area contributed by atoms with Crippen molar-refractivity contribution in [3.8, 4) is 0 Å². The Labute approximate surface area is 156 Å². The first-order valence-corrected chi connectivity index (χ1v) is 8.50. The number of nitro benzene ring substituents is 1. The molecule has 0 fully saturated rings. The summed E-state index contributed by atoms with van der Waals surface area (Å²) in [5, 5.41) is 25.5. The molecular formula is C19H21N3O5. The van der Waals surface area contributed by atoms with Crippen molar-refractivity contribution in [3.63, 3.8) is 0 Å². The molecule has 0 aliphatic heterocycles. The third-order valence-electron chi connectivity index (χ3n) is 3.90. The van der Waals surface area contributed by atoms with Crippen LogP contribution in [0.1, 0.15) is 18.4 Å². The van der Waals surface area contributed by atoms with Crippen LogP contribution in [0.5, 0.6) is 0 Å². The first-order chi connectivity index (χ1) is 13.0. The van der Waals surface area contributed by atoms with Crippen molar-refractivity contribution in [2.75, 3.05) is 11.9 Å². The number of nitrogens with zero attached hydrogens (tertiary/aromatic N) is 1. The second-order valence-electron chi connectivity index (χ2n) is 5.98. The number of nitrogens with one attached hydrogen (secondary N) is 2. The predicted molar refractivity (Wildman–Crippen MR) is 101 cm³/mol. The number of carbonyl (C=O) groups excluding carboxylic acids is 1. The lowest BCUT2D eigenvalue weighted by atomic mass is 10.1. The summed E-state index contributed by atoms with van der Waals surface area (Å²) in [5.41, 5.74) is 1.57. The summed E-state index contributed by atoms with van der Waals surface area (Å²) in [6.45, 7) is 0.488. The second kappa shape index (κ2) is 9.91. The Hall–Kier alpha value is -3.42. The molecule has 0 saturated heterocycles. The fraction of sp³-hybridized carbons (Fsp3) is 0.263. The highest BCUT2D eigenvalue weighted by Crippen LogP contribution is 2.15. The van der Waals surface area contributed by atoms with Gasteiger partial charge in [0, 0.05) is 37.2 Å². The van der Waals surface area contributed by atoms with Crippen LogP contribution in [0.2, 0.25) is 0 Å². The Morgan fingerprint density at radius 2 is 1.74 bits per heavy atom. The zero-order valence-electron chi connectivity index (χ0n) is 14.6. The van der Waals surface area contributed by atoms with Crippen molar-refractivity contribution in [3.05, 3.63) is 70.3 Å². The highest BCUT2D eigenvalue weighted by atomic mass is 16.6. The number of rotatable bonds is 10. The van der Waals surface area contributed by atoms with Crippen LogP contribution < -0.4 is 10.6 Å². The van der Waals surface area contributed by atoms with Crippen LogP contribution >= 0.6 is 0 Å². The molecule has 0 aliphatic rings. The Balaban J connectivity index is 1.74. The topological polar surface area (TPSA) is 122 Å². The van der Waals surface area contributed by atoms with Gasteiger partial charge in [0.15, 0.2) is 0 Å². The highest BCUT2D eigenvalue weighted by molar-refractivity contribution is 5.83. The first kappa shape index (κ1) is 19.9. The van der Waals surface area contributed by atoms with Crippen LogP contribution in [0, 0.1) is 10.1 Å². The van der Waals surface area contributed by atoms with Crippen LogP contribution in [0.25, 0.3) is 0 Å². The normalized spacial score (nSPS) is 11.4. The van der Waals surface area contributed by atoms with Gasteiger partial charge >= 0.3 is 5.97 Å². The lowest BCUT2D eigenvalue weighted by molar-refractivity contribution is -0.384. The standard InChI is InChI=1S/C19H21N3O5/c23-18(21-17(19(24)25)13-14-5-2-1-3-6-14)7-4-12-20-15-8-10-16(11-9-15)22(26)27/h1-3,5-6,8-11,17,20H,4,7,12-13H2,(H,21,23)(H,24,25)/t17-/m1/s1. The van der Waals surface area contributed by atoms with E-state index in [0.717, 1.165) is 5.56 Å². The van der Waals surface area contributed by atoms with Gasteiger partial charge in [-0.2, -0.15) is 0 Å². The number of benzene rings is 2. The molecule has 0 heterocycles. The molecule has 0 bridgehead atoms. The summed E-state index contributed by atoms with van der Waals surface area (Å²) in [5.74, 6) is -1.40. The number of non-ortho nitro benzene ring substituents is 1. The zero-order valence-corrected chi connectivity index (χ0v) is 14.6. The number of carbonyl (C=O) groups is 2. The van der Waals surface area contributed by atoms with E-state index in [4.69, 9.17) is 0 Å². The van der Waals surface area contributed by atoms with Gasteiger partial charge in [-0.05, 0) is 24.1 Å². The van der Waals surface area contributed by atoms with Gasteiger partial charge in [0.25, 0.3) is 5.69 Å². The van der Waals surface area contributed by atoms with Gasteiger partial charge in [-0.1, -0.05) is 30.3 Å². The smallest absolute Gasteiger partial charge is 0.326 e. The van der Waals surface area contributed by atoms with Gasteiger partial charge in [0.05, 0.1) is 4.92 Å². The molecule has 8 nitrogen and oxygen atoms in total. The Morgan fingerprint density at radius 3 is 2.33 bits per heavy atom. The Kier molecular flexibility index (Phi) is 7.30. The van der Waals surface area contributed by atoms with Gasteiger partial charge in [0.2, 0.25) is 5.91 Å². The first-order valence-electron chi connectivity index (χ1n) is 8.50. The molecule has 1 atom stereocenters.